The van der Waals surface area contributed by atoms with E-state index in [9.17, 15) is 4.79 Å². The number of aromatic nitrogens is 2. The number of benzene rings is 1. The van der Waals surface area contributed by atoms with Crippen LogP contribution in [0.15, 0.2) is 27.2 Å². The van der Waals surface area contributed by atoms with Gasteiger partial charge in [0.2, 0.25) is 5.89 Å². The molecular formula is C17H22BrClN4O2. The van der Waals surface area contributed by atoms with Crippen LogP contribution in [0, 0.1) is 0 Å². The summed E-state index contributed by atoms with van der Waals surface area (Å²) in [6, 6.07) is 6.05. The van der Waals surface area contributed by atoms with Crippen molar-refractivity contribution in [3.8, 4) is 0 Å². The van der Waals surface area contributed by atoms with Crippen LogP contribution in [0.4, 0.5) is 0 Å². The van der Waals surface area contributed by atoms with E-state index in [1.807, 2.05) is 32.9 Å². The summed E-state index contributed by atoms with van der Waals surface area (Å²) in [5.74, 6) is 0.227. The molecule has 0 aliphatic carbocycles. The second kappa shape index (κ2) is 7.85. The van der Waals surface area contributed by atoms with Gasteiger partial charge in [-0.1, -0.05) is 47.9 Å². The van der Waals surface area contributed by atoms with Crippen LogP contribution in [0.5, 0.6) is 0 Å². The molecule has 2 aromatic rings. The highest BCUT2D eigenvalue weighted by atomic mass is 79.9. The number of fused-ring (bicyclic) bond motifs is 1. The average molecular weight is 430 g/mol. The van der Waals surface area contributed by atoms with E-state index < -0.39 is 0 Å². The fourth-order valence-electron chi connectivity index (χ4n) is 2.69. The van der Waals surface area contributed by atoms with Gasteiger partial charge in [0.05, 0.1) is 6.04 Å². The van der Waals surface area contributed by atoms with Crippen LogP contribution in [-0.4, -0.2) is 22.6 Å². The summed E-state index contributed by atoms with van der Waals surface area (Å²) in [4.78, 5) is 16.7. The molecule has 2 heterocycles. The third-order valence-electron chi connectivity index (χ3n) is 3.98. The number of amides is 1. The normalized spacial score (nSPS) is 17.2. The van der Waals surface area contributed by atoms with Crippen molar-refractivity contribution < 1.29 is 9.32 Å². The predicted molar refractivity (Wildman–Crippen MR) is 101 cm³/mol. The van der Waals surface area contributed by atoms with E-state index >= 15 is 0 Å². The Labute approximate surface area is 161 Å². The Bertz CT molecular complexity index is 757. The van der Waals surface area contributed by atoms with Gasteiger partial charge < -0.3 is 15.2 Å². The molecule has 1 aromatic heterocycles. The number of carbonyl (C=O) groups excluding carboxylic acids is 1. The van der Waals surface area contributed by atoms with Crippen molar-refractivity contribution in [2.45, 2.75) is 45.2 Å². The van der Waals surface area contributed by atoms with Gasteiger partial charge in [0.15, 0.2) is 0 Å². The second-order valence-corrected chi connectivity index (χ2v) is 7.92. The fraction of sp³-hybridized carbons (Fsp3) is 0.471. The number of rotatable bonds is 2. The summed E-state index contributed by atoms with van der Waals surface area (Å²) in [6.45, 7) is 7.52. The van der Waals surface area contributed by atoms with Crippen LogP contribution in [0.2, 0.25) is 0 Å². The van der Waals surface area contributed by atoms with Crippen LogP contribution < -0.4 is 10.6 Å². The molecule has 136 valence electrons. The molecule has 6 nitrogen and oxygen atoms in total. The second-order valence-electron chi connectivity index (χ2n) is 7.01. The maximum Gasteiger partial charge on any atom is 0.293 e. The van der Waals surface area contributed by atoms with E-state index in [1.165, 1.54) is 5.56 Å². The topological polar surface area (TPSA) is 80.0 Å². The highest BCUT2D eigenvalue weighted by Crippen LogP contribution is 2.27. The molecule has 25 heavy (non-hydrogen) atoms. The molecule has 1 aromatic carbocycles. The van der Waals surface area contributed by atoms with Gasteiger partial charge in [-0.25, -0.2) is 0 Å². The molecule has 0 fully saturated rings. The fourth-order valence-corrected chi connectivity index (χ4v) is 3.09. The number of hydrogen-bond acceptors (Lipinski definition) is 5. The molecule has 0 unspecified atom stereocenters. The molecule has 0 spiro atoms. The standard InChI is InChI=1S/C17H21BrN4O2.ClH/c1-17(2,3)16-21-14(22-24-16)15(23)20-13-6-7-19-9-10-8-11(18)4-5-12(10)13;/h4-5,8,13,19H,6-7,9H2,1-3H3,(H,20,23);1H/t13-;/m1./s1. The number of halogens is 2. The number of hydrogen-bond donors (Lipinski definition) is 2. The summed E-state index contributed by atoms with van der Waals surface area (Å²) in [7, 11) is 0. The largest absolute Gasteiger partial charge is 0.342 e. The minimum atomic E-state index is -0.310. The summed E-state index contributed by atoms with van der Waals surface area (Å²) >= 11 is 3.50. The van der Waals surface area contributed by atoms with E-state index in [0.717, 1.165) is 29.5 Å². The molecule has 0 saturated heterocycles. The first-order chi connectivity index (χ1) is 11.3. The highest BCUT2D eigenvalue weighted by molar-refractivity contribution is 9.10. The van der Waals surface area contributed by atoms with Gasteiger partial charge >= 0.3 is 0 Å². The van der Waals surface area contributed by atoms with Gasteiger partial charge in [0.25, 0.3) is 11.7 Å². The molecule has 3 rings (SSSR count). The van der Waals surface area contributed by atoms with Crippen LogP contribution in [0.25, 0.3) is 0 Å². The lowest BCUT2D eigenvalue weighted by Gasteiger charge is -2.18. The van der Waals surface area contributed by atoms with E-state index in [0.29, 0.717) is 5.89 Å². The Kier molecular flexibility index (Phi) is 6.24. The van der Waals surface area contributed by atoms with E-state index in [2.05, 4.69) is 42.8 Å². The van der Waals surface area contributed by atoms with Gasteiger partial charge in [-0.05, 0) is 36.2 Å². The zero-order valence-corrected chi connectivity index (χ0v) is 16.8. The van der Waals surface area contributed by atoms with Crippen LogP contribution in [-0.2, 0) is 12.0 Å². The lowest BCUT2D eigenvalue weighted by atomic mass is 9.97. The first-order valence-corrected chi connectivity index (χ1v) is 8.78. The van der Waals surface area contributed by atoms with Gasteiger partial charge in [0, 0.05) is 16.4 Å². The van der Waals surface area contributed by atoms with Crippen molar-refractivity contribution in [2.24, 2.45) is 0 Å². The zero-order valence-electron chi connectivity index (χ0n) is 14.4. The molecule has 1 aliphatic heterocycles. The van der Waals surface area contributed by atoms with Crippen molar-refractivity contribution in [1.29, 1.82) is 0 Å². The monoisotopic (exact) mass is 428 g/mol. The summed E-state index contributed by atoms with van der Waals surface area (Å²) in [5.41, 5.74) is 2.02. The minimum Gasteiger partial charge on any atom is -0.342 e. The number of nitrogens with zero attached hydrogens (tertiary/aromatic N) is 2. The van der Waals surface area contributed by atoms with Crippen molar-refractivity contribution >= 4 is 34.2 Å². The smallest absolute Gasteiger partial charge is 0.293 e. The third-order valence-corrected chi connectivity index (χ3v) is 4.47. The summed E-state index contributed by atoms with van der Waals surface area (Å²) < 4.78 is 6.24. The van der Waals surface area contributed by atoms with Crippen molar-refractivity contribution in [2.75, 3.05) is 6.54 Å². The quantitative estimate of drug-likeness (QED) is 0.763. The van der Waals surface area contributed by atoms with Gasteiger partial charge in [-0.15, -0.1) is 12.4 Å². The molecule has 0 radical (unpaired) electrons. The predicted octanol–water partition coefficient (Wildman–Crippen LogP) is 3.52. The van der Waals surface area contributed by atoms with Gasteiger partial charge in [-0.3, -0.25) is 4.79 Å². The average Bonchev–Trinajstić information content (AvgIpc) is 2.93. The summed E-state index contributed by atoms with van der Waals surface area (Å²) in [6.07, 6.45) is 0.810. The van der Waals surface area contributed by atoms with Crippen molar-refractivity contribution in [3.05, 3.63) is 45.5 Å². The van der Waals surface area contributed by atoms with Crippen LogP contribution in [0.3, 0.4) is 0 Å². The first-order valence-electron chi connectivity index (χ1n) is 7.98. The Morgan fingerprint density at radius 3 is 2.84 bits per heavy atom. The molecular weight excluding hydrogens is 408 g/mol. The van der Waals surface area contributed by atoms with Crippen LogP contribution in [0.1, 0.15) is 60.9 Å². The lowest BCUT2D eigenvalue weighted by Crippen LogP contribution is -2.30. The summed E-state index contributed by atoms with van der Waals surface area (Å²) in [5, 5.41) is 10.2. The highest BCUT2D eigenvalue weighted by Gasteiger charge is 2.26. The Morgan fingerprint density at radius 2 is 2.16 bits per heavy atom. The maximum absolute atomic E-state index is 12.5. The van der Waals surface area contributed by atoms with Gasteiger partial charge in [-0.2, -0.15) is 4.98 Å². The molecule has 0 bridgehead atoms. The van der Waals surface area contributed by atoms with E-state index in [-0.39, 0.29) is 35.6 Å². The first kappa shape index (κ1) is 19.9. The maximum atomic E-state index is 12.5. The van der Waals surface area contributed by atoms with Gasteiger partial charge in [0.1, 0.15) is 0 Å². The van der Waals surface area contributed by atoms with Crippen molar-refractivity contribution in [1.82, 2.24) is 20.8 Å². The van der Waals surface area contributed by atoms with Crippen LogP contribution >= 0.6 is 28.3 Å². The Morgan fingerprint density at radius 1 is 1.40 bits per heavy atom. The number of nitrogens with one attached hydrogen (secondary N) is 2. The van der Waals surface area contributed by atoms with Crippen molar-refractivity contribution in [3.63, 3.8) is 0 Å². The SMILES string of the molecule is CC(C)(C)c1nc(C(=O)N[C@@H]2CCNCc3cc(Br)ccc32)no1.Cl. The molecule has 1 amide bonds. The molecule has 1 aliphatic rings. The Hall–Kier alpha value is -1.44. The van der Waals surface area contributed by atoms with E-state index in [4.69, 9.17) is 4.52 Å². The molecule has 2 N–H and O–H groups in total. The molecule has 0 saturated carbocycles. The van der Waals surface area contributed by atoms with E-state index in [1.54, 1.807) is 0 Å². The lowest BCUT2D eigenvalue weighted by molar-refractivity contribution is 0.0921. The third kappa shape index (κ3) is 4.59. The molecule has 8 heteroatoms. The molecule has 1 atom stereocenters. The number of carbonyl (C=O) groups is 1. The zero-order chi connectivity index (χ0) is 17.3. The minimum absolute atomic E-state index is 0. The Balaban J connectivity index is 0.00000225.